The number of ether oxygens (including phenoxy) is 1. The lowest BCUT2D eigenvalue weighted by Gasteiger charge is -2.10. The van der Waals surface area contributed by atoms with Crippen LogP contribution in [0.25, 0.3) is 0 Å². The van der Waals surface area contributed by atoms with Crippen LogP contribution in [-0.2, 0) is 0 Å². The maximum absolute atomic E-state index is 13.2. The van der Waals surface area contributed by atoms with Gasteiger partial charge in [0, 0.05) is 6.04 Å². The van der Waals surface area contributed by atoms with Gasteiger partial charge in [-0.3, -0.25) is 0 Å². The average molecular weight is 243 g/mol. The summed E-state index contributed by atoms with van der Waals surface area (Å²) < 4.78 is 31.4. The van der Waals surface area contributed by atoms with Crippen LogP contribution in [0.1, 0.15) is 26.2 Å². The summed E-state index contributed by atoms with van der Waals surface area (Å²) >= 11 is 0. The molecule has 0 fully saturated rings. The van der Waals surface area contributed by atoms with Crippen molar-refractivity contribution in [3.05, 3.63) is 29.8 Å². The maximum atomic E-state index is 13.2. The predicted octanol–water partition coefficient (Wildman–Crippen LogP) is 3.12. The third-order valence-electron chi connectivity index (χ3n) is 2.69. The second-order valence-corrected chi connectivity index (χ2v) is 4.08. The second kappa shape index (κ2) is 7.22. The highest BCUT2D eigenvalue weighted by Gasteiger charge is 2.08. The highest BCUT2D eigenvalue weighted by molar-refractivity contribution is 5.25. The fourth-order valence-corrected chi connectivity index (χ4v) is 1.49. The maximum Gasteiger partial charge on any atom is 0.190 e. The molecule has 1 atom stereocenters. The van der Waals surface area contributed by atoms with Crippen molar-refractivity contribution in [3.8, 4) is 5.75 Å². The molecule has 1 rings (SSSR count). The molecule has 2 nitrogen and oxygen atoms in total. The minimum atomic E-state index is -0.645. The summed E-state index contributed by atoms with van der Waals surface area (Å²) in [5, 5.41) is 3.13. The number of halogens is 2. The van der Waals surface area contributed by atoms with Crippen LogP contribution in [-0.4, -0.2) is 19.7 Å². The first-order valence-corrected chi connectivity index (χ1v) is 5.89. The Morgan fingerprint density at radius 1 is 1.24 bits per heavy atom. The van der Waals surface area contributed by atoms with Crippen molar-refractivity contribution in [1.29, 1.82) is 0 Å². The first kappa shape index (κ1) is 13.9. The molecule has 0 aromatic heterocycles. The topological polar surface area (TPSA) is 21.3 Å². The lowest BCUT2D eigenvalue weighted by molar-refractivity contribution is 0.273. The van der Waals surface area contributed by atoms with Gasteiger partial charge in [0.1, 0.15) is 0 Å². The van der Waals surface area contributed by atoms with Gasteiger partial charge in [0.2, 0.25) is 0 Å². The van der Waals surface area contributed by atoms with Gasteiger partial charge < -0.3 is 10.1 Å². The van der Waals surface area contributed by atoms with E-state index in [1.165, 1.54) is 18.2 Å². The van der Waals surface area contributed by atoms with Crippen molar-refractivity contribution in [3.63, 3.8) is 0 Å². The van der Waals surface area contributed by atoms with E-state index in [4.69, 9.17) is 4.74 Å². The van der Waals surface area contributed by atoms with Gasteiger partial charge in [-0.15, -0.1) is 0 Å². The van der Waals surface area contributed by atoms with Crippen molar-refractivity contribution in [2.45, 2.75) is 32.2 Å². The van der Waals surface area contributed by atoms with E-state index in [0.717, 1.165) is 19.3 Å². The van der Waals surface area contributed by atoms with Crippen LogP contribution in [0.5, 0.6) is 5.75 Å². The van der Waals surface area contributed by atoms with E-state index in [1.54, 1.807) is 0 Å². The first-order chi connectivity index (χ1) is 8.15. The molecule has 0 amide bonds. The smallest absolute Gasteiger partial charge is 0.190 e. The van der Waals surface area contributed by atoms with Crippen molar-refractivity contribution < 1.29 is 13.5 Å². The Labute approximate surface area is 101 Å². The summed E-state index contributed by atoms with van der Waals surface area (Å²) in [5.74, 6) is -1.56. The van der Waals surface area contributed by atoms with Crippen LogP contribution in [0.3, 0.4) is 0 Å². The molecule has 17 heavy (non-hydrogen) atoms. The molecule has 0 aliphatic carbocycles. The van der Waals surface area contributed by atoms with Crippen LogP contribution in [0.15, 0.2) is 18.2 Å². The monoisotopic (exact) mass is 243 g/mol. The number of nitrogens with one attached hydrogen (secondary N) is 1. The van der Waals surface area contributed by atoms with E-state index in [9.17, 15) is 8.78 Å². The zero-order valence-corrected chi connectivity index (χ0v) is 10.3. The fraction of sp³-hybridized carbons (Fsp3) is 0.538. The molecule has 0 saturated heterocycles. The lowest BCUT2D eigenvalue weighted by atomic mass is 10.1. The Bertz CT molecular complexity index is 324. The summed E-state index contributed by atoms with van der Waals surface area (Å²) in [6.07, 6.45) is 2.79. The summed E-state index contributed by atoms with van der Waals surface area (Å²) in [6.45, 7) is 2.44. The van der Waals surface area contributed by atoms with E-state index in [-0.39, 0.29) is 5.75 Å². The van der Waals surface area contributed by atoms with Crippen LogP contribution in [0.4, 0.5) is 8.78 Å². The second-order valence-electron chi connectivity index (χ2n) is 4.08. The highest BCUT2D eigenvalue weighted by atomic mass is 19.1. The fourth-order valence-electron chi connectivity index (χ4n) is 1.49. The molecule has 4 heteroatoms. The van der Waals surface area contributed by atoms with Gasteiger partial charge in [0.25, 0.3) is 0 Å². The van der Waals surface area contributed by atoms with E-state index >= 15 is 0 Å². The number of hydrogen-bond acceptors (Lipinski definition) is 2. The van der Waals surface area contributed by atoms with Crippen LogP contribution < -0.4 is 10.1 Å². The Morgan fingerprint density at radius 3 is 2.47 bits per heavy atom. The van der Waals surface area contributed by atoms with E-state index in [2.05, 4.69) is 12.2 Å². The third-order valence-corrected chi connectivity index (χ3v) is 2.69. The Kier molecular flexibility index (Phi) is 5.91. The van der Waals surface area contributed by atoms with Crippen molar-refractivity contribution in [1.82, 2.24) is 5.32 Å². The number of hydrogen-bond donors (Lipinski definition) is 1. The summed E-state index contributed by atoms with van der Waals surface area (Å²) in [6, 6.07) is 4.18. The van der Waals surface area contributed by atoms with Crippen molar-refractivity contribution in [2.24, 2.45) is 0 Å². The van der Waals surface area contributed by atoms with Gasteiger partial charge in [-0.05, 0) is 45.4 Å². The molecule has 1 aromatic carbocycles. The minimum Gasteiger partial charge on any atom is -0.488 e. The summed E-state index contributed by atoms with van der Waals surface area (Å²) in [5.41, 5.74) is 0. The molecule has 0 aliphatic heterocycles. The van der Waals surface area contributed by atoms with Crippen molar-refractivity contribution in [2.75, 3.05) is 13.7 Å². The molecular weight excluding hydrogens is 224 g/mol. The largest absolute Gasteiger partial charge is 0.488 e. The quantitative estimate of drug-likeness (QED) is 0.743. The molecule has 0 bridgehead atoms. The highest BCUT2D eigenvalue weighted by Crippen LogP contribution is 2.21. The van der Waals surface area contributed by atoms with Gasteiger partial charge in [0.05, 0.1) is 6.61 Å². The Balaban J connectivity index is 2.27. The van der Waals surface area contributed by atoms with E-state index in [1.807, 2.05) is 7.05 Å². The van der Waals surface area contributed by atoms with Crippen LogP contribution in [0, 0.1) is 11.6 Å². The molecule has 0 spiro atoms. The summed E-state index contributed by atoms with van der Waals surface area (Å²) in [4.78, 5) is 0. The van der Waals surface area contributed by atoms with Gasteiger partial charge >= 0.3 is 0 Å². The molecule has 96 valence electrons. The lowest BCUT2D eigenvalue weighted by Crippen LogP contribution is -2.20. The number of rotatable bonds is 7. The number of benzene rings is 1. The number of unbranched alkanes of at least 4 members (excludes halogenated alkanes) is 1. The third kappa shape index (κ3) is 4.69. The molecule has 0 aliphatic rings. The molecule has 0 saturated carbocycles. The van der Waals surface area contributed by atoms with Crippen LogP contribution >= 0.6 is 0 Å². The van der Waals surface area contributed by atoms with E-state index < -0.39 is 11.6 Å². The van der Waals surface area contributed by atoms with Gasteiger partial charge in [-0.25, -0.2) is 8.78 Å². The first-order valence-electron chi connectivity index (χ1n) is 5.89. The zero-order chi connectivity index (χ0) is 12.7. The molecule has 0 heterocycles. The van der Waals surface area contributed by atoms with Crippen LogP contribution in [0.2, 0.25) is 0 Å². The average Bonchev–Trinajstić information content (AvgIpc) is 2.31. The molecule has 1 N–H and O–H groups in total. The molecule has 1 unspecified atom stereocenters. The summed E-state index contributed by atoms with van der Waals surface area (Å²) in [7, 11) is 1.91. The minimum absolute atomic E-state index is 0.269. The zero-order valence-electron chi connectivity index (χ0n) is 10.3. The van der Waals surface area contributed by atoms with Crippen molar-refractivity contribution >= 4 is 0 Å². The predicted molar refractivity (Wildman–Crippen MR) is 64.2 cm³/mol. The Hall–Kier alpha value is -1.16. The standard InChI is InChI=1S/C13H19F2NO/c1-10(16-2)6-3-4-9-17-13-11(14)7-5-8-12(13)15/h5,7-8,10,16H,3-4,6,9H2,1-2H3. The molecular formula is C13H19F2NO. The van der Waals surface area contributed by atoms with Gasteiger partial charge in [-0.1, -0.05) is 6.07 Å². The van der Waals surface area contributed by atoms with E-state index in [0.29, 0.717) is 12.6 Å². The normalized spacial score (nSPS) is 12.5. The Morgan fingerprint density at radius 2 is 1.88 bits per heavy atom. The van der Waals surface area contributed by atoms with Gasteiger partial charge in [0.15, 0.2) is 17.4 Å². The molecule has 1 aromatic rings. The number of para-hydroxylation sites is 1. The van der Waals surface area contributed by atoms with Gasteiger partial charge in [-0.2, -0.15) is 0 Å². The SMILES string of the molecule is CNC(C)CCCCOc1c(F)cccc1F. The molecule has 0 radical (unpaired) electrons.